The highest BCUT2D eigenvalue weighted by atomic mass is 32.2. The molecule has 0 radical (unpaired) electrons. The van der Waals surface area contributed by atoms with Crippen molar-refractivity contribution in [2.24, 2.45) is 0 Å². The maximum Gasteiger partial charge on any atom is 0.246 e. The van der Waals surface area contributed by atoms with Crippen LogP contribution in [0.15, 0.2) is 17.3 Å². The third-order valence-corrected chi connectivity index (χ3v) is 5.50. The minimum atomic E-state index is -3.45. The molecule has 0 aromatic carbocycles. The quantitative estimate of drug-likeness (QED) is 0.753. The summed E-state index contributed by atoms with van der Waals surface area (Å²) in [5.41, 5.74) is 0. The SMILES string of the molecule is CCC(CC)N(C)S(=O)(=O)c1cnn(CCNC(C)C)c1. The van der Waals surface area contributed by atoms with Gasteiger partial charge in [0.05, 0.1) is 12.7 Å². The van der Waals surface area contributed by atoms with E-state index in [0.29, 0.717) is 12.6 Å². The Morgan fingerprint density at radius 1 is 1.33 bits per heavy atom. The van der Waals surface area contributed by atoms with E-state index in [1.54, 1.807) is 17.9 Å². The molecule has 0 spiro atoms. The van der Waals surface area contributed by atoms with Crippen molar-refractivity contribution in [1.82, 2.24) is 19.4 Å². The van der Waals surface area contributed by atoms with Gasteiger partial charge in [0.2, 0.25) is 10.0 Å². The molecule has 122 valence electrons. The van der Waals surface area contributed by atoms with Crippen molar-refractivity contribution in [1.29, 1.82) is 0 Å². The molecule has 0 saturated heterocycles. The second kappa shape index (κ2) is 7.91. The zero-order valence-corrected chi connectivity index (χ0v) is 14.5. The van der Waals surface area contributed by atoms with E-state index in [4.69, 9.17) is 0 Å². The first-order chi connectivity index (χ1) is 9.82. The average molecular weight is 316 g/mol. The molecule has 0 unspecified atom stereocenters. The highest BCUT2D eigenvalue weighted by Crippen LogP contribution is 2.18. The Hall–Kier alpha value is -0.920. The van der Waals surface area contributed by atoms with E-state index in [0.717, 1.165) is 19.4 Å². The van der Waals surface area contributed by atoms with Crippen LogP contribution >= 0.6 is 0 Å². The molecule has 0 amide bonds. The Balaban J connectivity index is 2.78. The normalized spacial score (nSPS) is 12.8. The van der Waals surface area contributed by atoms with Crippen molar-refractivity contribution in [3.05, 3.63) is 12.4 Å². The number of aromatic nitrogens is 2. The van der Waals surface area contributed by atoms with Gasteiger partial charge in [0, 0.05) is 31.9 Å². The molecule has 0 aliphatic rings. The summed E-state index contributed by atoms with van der Waals surface area (Å²) in [5, 5.41) is 7.42. The van der Waals surface area contributed by atoms with E-state index in [1.165, 1.54) is 10.5 Å². The van der Waals surface area contributed by atoms with E-state index < -0.39 is 10.0 Å². The highest BCUT2D eigenvalue weighted by molar-refractivity contribution is 7.89. The first-order valence-corrected chi connectivity index (χ1v) is 9.00. The Kier molecular flexibility index (Phi) is 6.83. The zero-order chi connectivity index (χ0) is 16.0. The van der Waals surface area contributed by atoms with Gasteiger partial charge in [-0.2, -0.15) is 9.40 Å². The summed E-state index contributed by atoms with van der Waals surface area (Å²) in [5.74, 6) is 0. The molecule has 1 aromatic heterocycles. The molecular weight excluding hydrogens is 288 g/mol. The Bertz CT molecular complexity index is 521. The topological polar surface area (TPSA) is 67.2 Å². The van der Waals surface area contributed by atoms with E-state index in [9.17, 15) is 8.42 Å². The largest absolute Gasteiger partial charge is 0.313 e. The van der Waals surface area contributed by atoms with Crippen LogP contribution in [-0.2, 0) is 16.6 Å². The monoisotopic (exact) mass is 316 g/mol. The Morgan fingerprint density at radius 2 is 1.95 bits per heavy atom. The van der Waals surface area contributed by atoms with Gasteiger partial charge in [-0.05, 0) is 12.8 Å². The Labute approximate surface area is 128 Å². The van der Waals surface area contributed by atoms with Gasteiger partial charge in [0.15, 0.2) is 0 Å². The summed E-state index contributed by atoms with van der Waals surface area (Å²) in [6.45, 7) is 9.57. The molecule has 0 bridgehead atoms. The molecule has 0 aliphatic heterocycles. The van der Waals surface area contributed by atoms with E-state index in [1.807, 2.05) is 13.8 Å². The summed E-state index contributed by atoms with van der Waals surface area (Å²) in [4.78, 5) is 0.265. The molecule has 1 N–H and O–H groups in total. The second-order valence-electron chi connectivity index (χ2n) is 5.54. The fourth-order valence-corrected chi connectivity index (χ4v) is 3.69. The highest BCUT2D eigenvalue weighted by Gasteiger charge is 2.27. The predicted octanol–water partition coefficient (Wildman–Crippen LogP) is 1.69. The molecular formula is C14H28N4O2S. The third-order valence-electron chi connectivity index (χ3n) is 3.64. The molecule has 1 heterocycles. The molecule has 7 heteroatoms. The number of sulfonamides is 1. The molecule has 0 atom stereocenters. The summed E-state index contributed by atoms with van der Waals surface area (Å²) in [6, 6.07) is 0.436. The van der Waals surface area contributed by atoms with Crippen LogP contribution in [-0.4, -0.2) is 48.2 Å². The van der Waals surface area contributed by atoms with Gasteiger partial charge in [-0.3, -0.25) is 4.68 Å². The van der Waals surface area contributed by atoms with Crippen molar-refractivity contribution in [3.8, 4) is 0 Å². The van der Waals surface area contributed by atoms with Gasteiger partial charge in [0.1, 0.15) is 4.90 Å². The third kappa shape index (κ3) is 4.79. The van der Waals surface area contributed by atoms with Crippen molar-refractivity contribution in [3.63, 3.8) is 0 Å². The molecule has 0 saturated carbocycles. The van der Waals surface area contributed by atoms with Crippen LogP contribution in [0.1, 0.15) is 40.5 Å². The first kappa shape index (κ1) is 18.1. The van der Waals surface area contributed by atoms with Gasteiger partial charge >= 0.3 is 0 Å². The van der Waals surface area contributed by atoms with Gasteiger partial charge < -0.3 is 5.32 Å². The molecule has 1 aromatic rings. The van der Waals surface area contributed by atoms with Crippen LogP contribution < -0.4 is 5.32 Å². The van der Waals surface area contributed by atoms with E-state index in [-0.39, 0.29) is 10.9 Å². The zero-order valence-electron chi connectivity index (χ0n) is 13.7. The van der Waals surface area contributed by atoms with Gasteiger partial charge in [0.25, 0.3) is 0 Å². The van der Waals surface area contributed by atoms with Crippen LogP contribution in [0.4, 0.5) is 0 Å². The molecule has 1 rings (SSSR count). The molecule has 21 heavy (non-hydrogen) atoms. The van der Waals surface area contributed by atoms with Crippen molar-refractivity contribution in [2.75, 3.05) is 13.6 Å². The van der Waals surface area contributed by atoms with Crippen LogP contribution in [0.5, 0.6) is 0 Å². The van der Waals surface area contributed by atoms with Crippen LogP contribution in [0, 0.1) is 0 Å². The summed E-state index contributed by atoms with van der Waals surface area (Å²) >= 11 is 0. The molecule has 0 fully saturated rings. The van der Waals surface area contributed by atoms with Crippen LogP contribution in [0.3, 0.4) is 0 Å². The Morgan fingerprint density at radius 3 is 2.48 bits per heavy atom. The van der Waals surface area contributed by atoms with E-state index in [2.05, 4.69) is 24.3 Å². The van der Waals surface area contributed by atoms with Crippen LogP contribution in [0.2, 0.25) is 0 Å². The van der Waals surface area contributed by atoms with E-state index >= 15 is 0 Å². The van der Waals surface area contributed by atoms with Crippen molar-refractivity contribution < 1.29 is 8.42 Å². The fourth-order valence-electron chi connectivity index (χ4n) is 2.23. The standard InChI is InChI=1S/C14H28N4O2S/c1-6-13(7-2)17(5)21(19,20)14-10-16-18(11-14)9-8-15-12(3)4/h10-13,15H,6-9H2,1-5H3. The molecule has 0 aliphatic carbocycles. The second-order valence-corrected chi connectivity index (χ2v) is 7.54. The average Bonchev–Trinajstić information content (AvgIpc) is 2.89. The van der Waals surface area contributed by atoms with Gasteiger partial charge in [-0.1, -0.05) is 27.7 Å². The summed E-state index contributed by atoms with van der Waals surface area (Å²) in [6.07, 6.45) is 4.65. The van der Waals surface area contributed by atoms with Gasteiger partial charge in [-0.15, -0.1) is 0 Å². The lowest BCUT2D eigenvalue weighted by Crippen LogP contribution is -2.36. The number of hydrogen-bond donors (Lipinski definition) is 1. The number of hydrogen-bond acceptors (Lipinski definition) is 4. The number of nitrogens with zero attached hydrogens (tertiary/aromatic N) is 3. The minimum Gasteiger partial charge on any atom is -0.313 e. The first-order valence-electron chi connectivity index (χ1n) is 7.56. The lowest BCUT2D eigenvalue weighted by atomic mass is 10.2. The predicted molar refractivity (Wildman–Crippen MR) is 84.7 cm³/mol. The summed E-state index contributed by atoms with van der Waals surface area (Å²) < 4.78 is 28.2. The fraction of sp³-hybridized carbons (Fsp3) is 0.786. The van der Waals surface area contributed by atoms with Crippen LogP contribution in [0.25, 0.3) is 0 Å². The lowest BCUT2D eigenvalue weighted by molar-refractivity contribution is 0.349. The minimum absolute atomic E-state index is 0.0287. The van der Waals surface area contributed by atoms with Crippen molar-refractivity contribution in [2.45, 2.75) is 64.1 Å². The maximum atomic E-state index is 12.5. The van der Waals surface area contributed by atoms with Gasteiger partial charge in [-0.25, -0.2) is 8.42 Å². The lowest BCUT2D eigenvalue weighted by Gasteiger charge is -2.24. The molecule has 6 nitrogen and oxygen atoms in total. The van der Waals surface area contributed by atoms with Crippen molar-refractivity contribution >= 4 is 10.0 Å². The maximum absolute atomic E-state index is 12.5. The summed E-state index contributed by atoms with van der Waals surface area (Å²) in [7, 11) is -1.81. The number of rotatable bonds is 9. The smallest absolute Gasteiger partial charge is 0.246 e. The number of nitrogens with one attached hydrogen (secondary N) is 1.